The number of hydrogen-bond donors (Lipinski definition) is 0. The van der Waals surface area contributed by atoms with E-state index in [0.717, 1.165) is 22.4 Å². The molecular weight excluding hydrogens is 518 g/mol. The minimum absolute atomic E-state index is 0.200. The Bertz CT molecular complexity index is 1690. The van der Waals surface area contributed by atoms with Crippen LogP contribution in [0.3, 0.4) is 0 Å². The molecule has 192 valence electrons. The molecule has 0 radical (unpaired) electrons. The summed E-state index contributed by atoms with van der Waals surface area (Å²) in [6.45, 7) is 1.96. The Labute approximate surface area is 229 Å². The van der Waals surface area contributed by atoms with Crippen molar-refractivity contribution < 1.29 is 9.53 Å². The van der Waals surface area contributed by atoms with Gasteiger partial charge in [0.25, 0.3) is 5.56 Å². The maximum absolute atomic E-state index is 13.9. The molecule has 1 unspecified atom stereocenters. The summed E-state index contributed by atoms with van der Waals surface area (Å²) in [4.78, 5) is 34.7. The first kappa shape index (κ1) is 25.7. The molecule has 0 spiro atoms. The number of aromatic nitrogens is 1. The molecule has 3 aromatic carbocycles. The molecule has 6 nitrogen and oxygen atoms in total. The lowest BCUT2D eigenvalue weighted by Gasteiger charge is -2.25. The molecule has 8 heteroatoms. The molecule has 2 heterocycles. The zero-order chi connectivity index (χ0) is 26.8. The number of hydrogen-bond acceptors (Lipinski definition) is 6. The summed E-state index contributed by atoms with van der Waals surface area (Å²) in [6.07, 6.45) is 1.86. The second-order valence-electron chi connectivity index (χ2n) is 8.97. The molecule has 0 aliphatic carbocycles. The standard InChI is InChI=1S/C30H26ClN3O3S/c1-4-37-29(36)25-26(20-8-6-5-7-9-20)32-30-34(27(25)21-12-14-22(31)15-13-21)28(35)24(38-30)18-19-10-16-23(17-11-19)33(2)3/h5-18,27H,4H2,1-3H3/b24-18+. The normalized spacial score (nSPS) is 15.2. The summed E-state index contributed by atoms with van der Waals surface area (Å²) < 4.78 is 7.61. The van der Waals surface area contributed by atoms with Gasteiger partial charge in [0.2, 0.25) is 0 Å². The highest BCUT2D eigenvalue weighted by molar-refractivity contribution is 7.07. The lowest BCUT2D eigenvalue weighted by molar-refractivity contribution is -0.138. The van der Waals surface area contributed by atoms with Gasteiger partial charge in [0, 0.05) is 30.4 Å². The summed E-state index contributed by atoms with van der Waals surface area (Å²) >= 11 is 7.48. The van der Waals surface area contributed by atoms with Crippen molar-refractivity contribution in [2.24, 2.45) is 4.99 Å². The van der Waals surface area contributed by atoms with E-state index in [1.54, 1.807) is 23.6 Å². The third-order valence-electron chi connectivity index (χ3n) is 6.27. The summed E-state index contributed by atoms with van der Waals surface area (Å²) in [7, 11) is 3.96. The molecule has 0 fully saturated rings. The predicted molar refractivity (Wildman–Crippen MR) is 153 cm³/mol. The molecule has 0 saturated carbocycles. The number of carbonyl (C=O) groups is 1. The van der Waals surface area contributed by atoms with Gasteiger partial charge >= 0.3 is 5.97 Å². The molecule has 38 heavy (non-hydrogen) atoms. The lowest BCUT2D eigenvalue weighted by Crippen LogP contribution is -2.40. The van der Waals surface area contributed by atoms with Gasteiger partial charge < -0.3 is 9.64 Å². The van der Waals surface area contributed by atoms with Gasteiger partial charge in [0.05, 0.1) is 28.5 Å². The van der Waals surface area contributed by atoms with Gasteiger partial charge in [-0.25, -0.2) is 9.79 Å². The monoisotopic (exact) mass is 543 g/mol. The van der Waals surface area contributed by atoms with Gasteiger partial charge in [0.15, 0.2) is 4.80 Å². The molecule has 1 aliphatic heterocycles. The number of ether oxygens (including phenoxy) is 1. The summed E-state index contributed by atoms with van der Waals surface area (Å²) in [6, 6.07) is 23.9. The van der Waals surface area contributed by atoms with E-state index in [1.165, 1.54) is 11.3 Å². The number of thiazole rings is 1. The Morgan fingerprint density at radius 3 is 2.37 bits per heavy atom. The average Bonchev–Trinajstić information content (AvgIpc) is 3.23. The average molecular weight is 544 g/mol. The van der Waals surface area contributed by atoms with Crippen LogP contribution in [-0.4, -0.2) is 31.2 Å². The maximum atomic E-state index is 13.9. The smallest absolute Gasteiger partial charge is 0.338 e. The number of anilines is 1. The molecule has 1 aliphatic rings. The number of fused-ring (bicyclic) bond motifs is 1. The van der Waals surface area contributed by atoms with E-state index in [-0.39, 0.29) is 12.2 Å². The molecule has 1 atom stereocenters. The number of rotatable bonds is 6. The summed E-state index contributed by atoms with van der Waals surface area (Å²) in [5.41, 5.74) is 4.06. The van der Waals surface area contributed by atoms with Crippen LogP contribution in [0.1, 0.15) is 29.7 Å². The predicted octanol–water partition coefficient (Wildman–Crippen LogP) is 4.66. The molecule has 0 saturated heterocycles. The van der Waals surface area contributed by atoms with Crippen molar-refractivity contribution in [3.8, 4) is 0 Å². The molecule has 0 amide bonds. The fourth-order valence-electron chi connectivity index (χ4n) is 4.42. The minimum Gasteiger partial charge on any atom is -0.463 e. The first-order valence-electron chi connectivity index (χ1n) is 12.2. The van der Waals surface area contributed by atoms with Crippen LogP contribution in [0.5, 0.6) is 0 Å². The van der Waals surface area contributed by atoms with Crippen LogP contribution in [-0.2, 0) is 9.53 Å². The topological polar surface area (TPSA) is 63.9 Å². The van der Waals surface area contributed by atoms with Crippen molar-refractivity contribution in [3.63, 3.8) is 0 Å². The quantitative estimate of drug-likeness (QED) is 0.332. The molecule has 4 aromatic rings. The van der Waals surface area contributed by atoms with Crippen LogP contribution in [0, 0.1) is 0 Å². The van der Waals surface area contributed by atoms with Crippen molar-refractivity contribution in [2.75, 3.05) is 25.6 Å². The Morgan fingerprint density at radius 1 is 1.05 bits per heavy atom. The minimum atomic E-state index is -0.726. The van der Waals surface area contributed by atoms with Gasteiger partial charge in [0.1, 0.15) is 0 Å². The highest BCUT2D eigenvalue weighted by Crippen LogP contribution is 2.35. The van der Waals surface area contributed by atoms with E-state index in [1.807, 2.05) is 91.8 Å². The molecule has 0 N–H and O–H groups in total. The molecule has 1 aromatic heterocycles. The second kappa shape index (κ2) is 10.8. The van der Waals surface area contributed by atoms with Crippen LogP contribution in [0.4, 0.5) is 5.69 Å². The Balaban J connectivity index is 1.78. The third-order valence-corrected chi connectivity index (χ3v) is 7.50. The lowest BCUT2D eigenvalue weighted by atomic mass is 9.93. The SMILES string of the molecule is CCOC(=O)C1=C(c2ccccc2)N=c2s/c(=C/c3ccc(N(C)C)cc3)c(=O)n2C1c1ccc(Cl)cc1. The first-order valence-corrected chi connectivity index (χ1v) is 13.4. The number of benzene rings is 3. The van der Waals surface area contributed by atoms with Gasteiger partial charge in [-0.3, -0.25) is 9.36 Å². The van der Waals surface area contributed by atoms with E-state index < -0.39 is 12.0 Å². The largest absolute Gasteiger partial charge is 0.463 e. The third kappa shape index (κ3) is 4.95. The van der Waals surface area contributed by atoms with E-state index in [0.29, 0.717) is 25.6 Å². The first-order chi connectivity index (χ1) is 18.4. The van der Waals surface area contributed by atoms with E-state index >= 15 is 0 Å². The Hall–Kier alpha value is -3.94. The number of nitrogens with zero attached hydrogens (tertiary/aromatic N) is 3. The van der Waals surface area contributed by atoms with Gasteiger partial charge in [-0.2, -0.15) is 0 Å². The van der Waals surface area contributed by atoms with Crippen LogP contribution < -0.4 is 19.8 Å². The van der Waals surface area contributed by atoms with Gasteiger partial charge in [-0.05, 0) is 48.4 Å². The van der Waals surface area contributed by atoms with Crippen LogP contribution in [0.2, 0.25) is 5.02 Å². The number of esters is 1. The fraction of sp³-hybridized carbons (Fsp3) is 0.167. The van der Waals surface area contributed by atoms with Crippen LogP contribution in [0.15, 0.2) is 94.2 Å². The molecule has 5 rings (SSSR count). The van der Waals surface area contributed by atoms with E-state index in [9.17, 15) is 9.59 Å². The number of carbonyl (C=O) groups excluding carboxylic acids is 1. The summed E-state index contributed by atoms with van der Waals surface area (Å²) in [5, 5.41) is 0.562. The second-order valence-corrected chi connectivity index (χ2v) is 10.4. The fourth-order valence-corrected chi connectivity index (χ4v) is 5.55. The highest BCUT2D eigenvalue weighted by Gasteiger charge is 2.35. The van der Waals surface area contributed by atoms with E-state index in [4.69, 9.17) is 21.3 Å². The van der Waals surface area contributed by atoms with Crippen molar-refractivity contribution in [2.45, 2.75) is 13.0 Å². The van der Waals surface area contributed by atoms with Crippen molar-refractivity contribution in [3.05, 3.63) is 126 Å². The van der Waals surface area contributed by atoms with Gasteiger partial charge in [-0.1, -0.05) is 77.5 Å². The maximum Gasteiger partial charge on any atom is 0.338 e. The summed E-state index contributed by atoms with van der Waals surface area (Å²) in [5.74, 6) is -0.511. The van der Waals surface area contributed by atoms with Crippen molar-refractivity contribution in [1.82, 2.24) is 4.57 Å². The van der Waals surface area contributed by atoms with Gasteiger partial charge in [-0.15, -0.1) is 0 Å². The molecule has 0 bridgehead atoms. The van der Waals surface area contributed by atoms with Crippen molar-refractivity contribution in [1.29, 1.82) is 0 Å². The van der Waals surface area contributed by atoms with Crippen LogP contribution >= 0.6 is 22.9 Å². The Kier molecular flexibility index (Phi) is 7.31. The van der Waals surface area contributed by atoms with Crippen LogP contribution in [0.25, 0.3) is 11.8 Å². The number of halogens is 1. The zero-order valence-corrected chi connectivity index (χ0v) is 22.8. The zero-order valence-electron chi connectivity index (χ0n) is 21.2. The van der Waals surface area contributed by atoms with Crippen molar-refractivity contribution >= 4 is 46.4 Å². The Morgan fingerprint density at radius 2 is 1.74 bits per heavy atom. The highest BCUT2D eigenvalue weighted by atomic mass is 35.5. The molecular formula is C30H26ClN3O3S. The van der Waals surface area contributed by atoms with E-state index in [2.05, 4.69) is 0 Å².